The predicted octanol–water partition coefficient (Wildman–Crippen LogP) is 2.97. The number of piperidine rings is 1. The highest BCUT2D eigenvalue weighted by Gasteiger charge is 2.22. The van der Waals surface area contributed by atoms with E-state index in [0.717, 1.165) is 48.9 Å². The molecule has 134 valence electrons. The van der Waals surface area contributed by atoms with Gasteiger partial charge >= 0.3 is 0 Å². The first-order valence-corrected chi connectivity index (χ1v) is 9.17. The fraction of sp³-hybridized carbons (Fsp3) is 0.333. The van der Waals surface area contributed by atoms with Crippen LogP contribution in [0, 0.1) is 0 Å². The normalized spacial score (nSPS) is 16.0. The van der Waals surface area contributed by atoms with Crippen LogP contribution in [-0.2, 0) is 13.6 Å². The van der Waals surface area contributed by atoms with Crippen molar-refractivity contribution in [2.24, 2.45) is 7.05 Å². The number of nitrogens with zero attached hydrogens (tertiary/aromatic N) is 3. The van der Waals surface area contributed by atoms with Gasteiger partial charge < -0.3 is 9.88 Å². The smallest absolute Gasteiger partial charge is 0.252 e. The van der Waals surface area contributed by atoms with Crippen molar-refractivity contribution in [2.75, 3.05) is 13.1 Å². The Morgan fingerprint density at radius 3 is 2.81 bits per heavy atom. The minimum absolute atomic E-state index is 0.0347. The molecule has 0 spiro atoms. The standard InChI is InChI=1S/C21H24N4O/c1-24-11-9-18-19(5-2-6-20(18)24)21(26)23-17-7-12-25(13-8-17)15-16-4-3-10-22-14-16/h2-6,9-11,14,17H,7-8,12-13,15H2,1H3,(H,23,26). The first-order valence-electron chi connectivity index (χ1n) is 9.17. The quantitative estimate of drug-likeness (QED) is 0.789. The first-order chi connectivity index (χ1) is 12.7. The van der Waals surface area contributed by atoms with Crippen LogP contribution < -0.4 is 5.32 Å². The Bertz CT molecular complexity index is 895. The molecule has 0 saturated carbocycles. The summed E-state index contributed by atoms with van der Waals surface area (Å²) in [5.41, 5.74) is 3.09. The molecule has 1 fully saturated rings. The number of pyridine rings is 1. The van der Waals surface area contributed by atoms with Crippen LogP contribution >= 0.6 is 0 Å². The Balaban J connectivity index is 1.36. The lowest BCUT2D eigenvalue weighted by atomic mass is 10.0. The van der Waals surface area contributed by atoms with Gasteiger partial charge in [-0.05, 0) is 42.7 Å². The van der Waals surface area contributed by atoms with Crippen molar-refractivity contribution in [3.05, 3.63) is 66.1 Å². The van der Waals surface area contributed by atoms with Crippen molar-refractivity contribution in [1.82, 2.24) is 19.8 Å². The molecule has 1 aliphatic heterocycles. The monoisotopic (exact) mass is 348 g/mol. The van der Waals surface area contributed by atoms with E-state index in [2.05, 4.69) is 21.3 Å². The molecule has 4 rings (SSSR count). The summed E-state index contributed by atoms with van der Waals surface area (Å²) in [6.07, 6.45) is 7.69. The molecule has 2 aromatic heterocycles. The van der Waals surface area contributed by atoms with Crippen LogP contribution in [-0.4, -0.2) is 39.5 Å². The van der Waals surface area contributed by atoms with Crippen molar-refractivity contribution in [2.45, 2.75) is 25.4 Å². The van der Waals surface area contributed by atoms with Crippen LogP contribution in [0.3, 0.4) is 0 Å². The van der Waals surface area contributed by atoms with Gasteiger partial charge in [-0.25, -0.2) is 0 Å². The van der Waals surface area contributed by atoms with E-state index in [0.29, 0.717) is 0 Å². The number of benzene rings is 1. The average Bonchev–Trinajstić information content (AvgIpc) is 3.05. The minimum atomic E-state index is 0.0347. The summed E-state index contributed by atoms with van der Waals surface area (Å²) in [5, 5.41) is 4.25. The molecule has 1 aromatic carbocycles. The Morgan fingerprint density at radius 2 is 2.04 bits per heavy atom. The van der Waals surface area contributed by atoms with Crippen molar-refractivity contribution >= 4 is 16.8 Å². The third kappa shape index (κ3) is 3.48. The third-order valence-corrected chi connectivity index (χ3v) is 5.22. The van der Waals surface area contributed by atoms with Crippen LogP contribution in [0.4, 0.5) is 0 Å². The maximum absolute atomic E-state index is 12.8. The number of likely N-dealkylation sites (tertiary alicyclic amines) is 1. The molecule has 0 atom stereocenters. The van der Waals surface area contributed by atoms with E-state index in [1.54, 1.807) is 6.20 Å². The summed E-state index contributed by atoms with van der Waals surface area (Å²) in [6, 6.07) is 12.3. The van der Waals surface area contributed by atoms with Gasteiger partial charge in [0.2, 0.25) is 0 Å². The van der Waals surface area contributed by atoms with E-state index in [4.69, 9.17) is 0 Å². The van der Waals surface area contributed by atoms with Gasteiger partial charge in [0.25, 0.3) is 5.91 Å². The highest BCUT2D eigenvalue weighted by atomic mass is 16.1. The second kappa shape index (κ2) is 7.30. The van der Waals surface area contributed by atoms with Gasteiger partial charge in [0, 0.05) is 67.8 Å². The second-order valence-electron chi connectivity index (χ2n) is 7.05. The van der Waals surface area contributed by atoms with E-state index in [1.807, 2.05) is 54.3 Å². The van der Waals surface area contributed by atoms with Crippen LogP contribution in [0.25, 0.3) is 10.9 Å². The molecule has 5 heteroatoms. The van der Waals surface area contributed by atoms with Crippen LogP contribution in [0.1, 0.15) is 28.8 Å². The van der Waals surface area contributed by atoms with Crippen LogP contribution in [0.15, 0.2) is 55.0 Å². The van der Waals surface area contributed by atoms with Gasteiger partial charge in [-0.3, -0.25) is 14.7 Å². The van der Waals surface area contributed by atoms with Gasteiger partial charge in [0.15, 0.2) is 0 Å². The Labute approximate surface area is 153 Å². The summed E-state index contributed by atoms with van der Waals surface area (Å²) < 4.78 is 2.04. The minimum Gasteiger partial charge on any atom is -0.351 e. The van der Waals surface area contributed by atoms with Gasteiger partial charge in [-0.2, -0.15) is 0 Å². The zero-order chi connectivity index (χ0) is 17.9. The summed E-state index contributed by atoms with van der Waals surface area (Å²) in [5.74, 6) is 0.0347. The molecule has 3 aromatic rings. The molecule has 1 amide bonds. The molecule has 1 aliphatic rings. The first kappa shape index (κ1) is 16.8. The Hall–Kier alpha value is -2.66. The molecule has 0 bridgehead atoms. The fourth-order valence-corrected chi connectivity index (χ4v) is 3.75. The molecule has 3 heterocycles. The number of aromatic nitrogens is 2. The molecule has 1 N–H and O–H groups in total. The topological polar surface area (TPSA) is 50.2 Å². The molecular formula is C21H24N4O. The van der Waals surface area contributed by atoms with Crippen LogP contribution in [0.5, 0.6) is 0 Å². The van der Waals surface area contributed by atoms with Gasteiger partial charge in [0.05, 0.1) is 0 Å². The Morgan fingerprint density at radius 1 is 1.19 bits per heavy atom. The van der Waals surface area contributed by atoms with Crippen LogP contribution in [0.2, 0.25) is 0 Å². The van der Waals surface area contributed by atoms with Gasteiger partial charge in [-0.1, -0.05) is 12.1 Å². The van der Waals surface area contributed by atoms with Gasteiger partial charge in [0.1, 0.15) is 0 Å². The zero-order valence-corrected chi connectivity index (χ0v) is 15.1. The number of carbonyl (C=O) groups is 1. The zero-order valence-electron chi connectivity index (χ0n) is 15.1. The lowest BCUT2D eigenvalue weighted by Crippen LogP contribution is -2.44. The Kier molecular flexibility index (Phi) is 4.71. The number of hydrogen-bond donors (Lipinski definition) is 1. The summed E-state index contributed by atoms with van der Waals surface area (Å²) >= 11 is 0. The number of carbonyl (C=O) groups excluding carboxylic acids is 1. The van der Waals surface area contributed by atoms with E-state index in [9.17, 15) is 4.79 Å². The third-order valence-electron chi connectivity index (χ3n) is 5.22. The lowest BCUT2D eigenvalue weighted by molar-refractivity contribution is 0.0910. The molecule has 26 heavy (non-hydrogen) atoms. The summed E-state index contributed by atoms with van der Waals surface area (Å²) in [6.45, 7) is 2.92. The van der Waals surface area contributed by atoms with E-state index >= 15 is 0 Å². The van der Waals surface area contributed by atoms with Crippen molar-refractivity contribution < 1.29 is 4.79 Å². The number of fused-ring (bicyclic) bond motifs is 1. The number of aryl methyl sites for hydroxylation is 1. The average molecular weight is 348 g/mol. The SMILES string of the molecule is Cn1ccc2c(C(=O)NC3CCN(Cc4cccnc4)CC3)cccc21. The predicted molar refractivity (Wildman–Crippen MR) is 103 cm³/mol. The summed E-state index contributed by atoms with van der Waals surface area (Å²) in [7, 11) is 2.00. The van der Waals surface area contributed by atoms with Crippen molar-refractivity contribution in [3.63, 3.8) is 0 Å². The number of nitrogens with one attached hydrogen (secondary N) is 1. The highest BCUT2D eigenvalue weighted by Crippen LogP contribution is 2.20. The largest absolute Gasteiger partial charge is 0.351 e. The number of amides is 1. The molecule has 0 radical (unpaired) electrons. The highest BCUT2D eigenvalue weighted by molar-refractivity contribution is 6.06. The van der Waals surface area contributed by atoms with E-state index in [-0.39, 0.29) is 11.9 Å². The maximum Gasteiger partial charge on any atom is 0.252 e. The molecule has 5 nitrogen and oxygen atoms in total. The fourth-order valence-electron chi connectivity index (χ4n) is 3.75. The van der Waals surface area contributed by atoms with Crippen molar-refractivity contribution in [1.29, 1.82) is 0 Å². The van der Waals surface area contributed by atoms with Gasteiger partial charge in [-0.15, -0.1) is 0 Å². The number of rotatable bonds is 4. The van der Waals surface area contributed by atoms with Crippen molar-refractivity contribution in [3.8, 4) is 0 Å². The lowest BCUT2D eigenvalue weighted by Gasteiger charge is -2.32. The summed E-state index contributed by atoms with van der Waals surface area (Å²) in [4.78, 5) is 19.4. The van der Waals surface area contributed by atoms with E-state index in [1.165, 1.54) is 5.56 Å². The maximum atomic E-state index is 12.8. The molecular weight excluding hydrogens is 324 g/mol. The molecule has 0 unspecified atom stereocenters. The number of hydrogen-bond acceptors (Lipinski definition) is 3. The molecule has 1 saturated heterocycles. The van der Waals surface area contributed by atoms with E-state index < -0.39 is 0 Å². The second-order valence-corrected chi connectivity index (χ2v) is 7.05. The molecule has 0 aliphatic carbocycles.